The van der Waals surface area contributed by atoms with Gasteiger partial charge in [-0.1, -0.05) is 23.7 Å². The summed E-state index contributed by atoms with van der Waals surface area (Å²) in [4.78, 5) is 18.8. The van der Waals surface area contributed by atoms with Crippen LogP contribution in [0.1, 0.15) is 16.7 Å². The average Bonchev–Trinajstić information content (AvgIpc) is 3.51. The molecule has 3 heterocycles. The number of hydrogen-bond donors (Lipinski definition) is 3. The number of aliphatic hydroxyl groups excluding tert-OH is 2. The highest BCUT2D eigenvalue weighted by molar-refractivity contribution is 8.18. The molecule has 0 aliphatic carbocycles. The Morgan fingerprint density at radius 3 is 2.63 bits per heavy atom. The van der Waals surface area contributed by atoms with E-state index in [1.807, 2.05) is 0 Å². The van der Waals surface area contributed by atoms with Crippen molar-refractivity contribution in [2.24, 2.45) is 4.99 Å². The number of aromatic nitrogens is 2. The number of fused-ring (bicyclic) bond motifs is 1. The van der Waals surface area contributed by atoms with Gasteiger partial charge in [-0.3, -0.25) is 9.89 Å². The SMILES string of the molecule is O=C1N=C(N2CC(O)C(O)C2)SC1=C(Cc1ccc(Cl)cc1C(F)(F)F)c1ccc2[nH]ncc2c1. The van der Waals surface area contributed by atoms with Crippen molar-refractivity contribution in [1.82, 2.24) is 15.1 Å². The molecule has 1 fully saturated rings. The maximum absolute atomic E-state index is 13.8. The number of hydrogen-bond acceptors (Lipinski definition) is 6. The highest BCUT2D eigenvalue weighted by atomic mass is 35.5. The van der Waals surface area contributed by atoms with Gasteiger partial charge < -0.3 is 15.1 Å². The summed E-state index contributed by atoms with van der Waals surface area (Å²) >= 11 is 6.87. The van der Waals surface area contributed by atoms with Crippen LogP contribution < -0.4 is 0 Å². The van der Waals surface area contributed by atoms with Crippen LogP contribution in [-0.4, -0.2) is 61.7 Å². The van der Waals surface area contributed by atoms with Gasteiger partial charge in [0.1, 0.15) is 0 Å². The van der Waals surface area contributed by atoms with Crippen LogP contribution in [0.25, 0.3) is 16.5 Å². The number of carbonyl (C=O) groups is 1. The van der Waals surface area contributed by atoms with E-state index in [2.05, 4.69) is 15.2 Å². The first-order chi connectivity index (χ1) is 16.6. The second-order valence-electron chi connectivity index (χ2n) is 8.30. The number of amidine groups is 1. The number of thioether (sulfide) groups is 1. The van der Waals surface area contributed by atoms with Crippen molar-refractivity contribution in [3.8, 4) is 0 Å². The third-order valence-corrected chi connectivity index (χ3v) is 7.31. The molecule has 0 saturated carbocycles. The van der Waals surface area contributed by atoms with Gasteiger partial charge in [-0.05, 0) is 59.1 Å². The van der Waals surface area contributed by atoms with E-state index >= 15 is 0 Å². The Morgan fingerprint density at radius 2 is 1.91 bits per heavy atom. The summed E-state index contributed by atoms with van der Waals surface area (Å²) in [7, 11) is 0. The Labute approximate surface area is 206 Å². The van der Waals surface area contributed by atoms with Gasteiger partial charge in [0.2, 0.25) is 0 Å². The first-order valence-corrected chi connectivity index (χ1v) is 11.7. The zero-order chi connectivity index (χ0) is 24.9. The van der Waals surface area contributed by atoms with Crippen LogP contribution in [0, 0.1) is 0 Å². The molecule has 2 aliphatic rings. The van der Waals surface area contributed by atoms with Crippen molar-refractivity contribution < 1.29 is 28.2 Å². The zero-order valence-corrected chi connectivity index (χ0v) is 19.5. The Morgan fingerprint density at radius 1 is 1.17 bits per heavy atom. The molecule has 2 aromatic carbocycles. The first kappa shape index (κ1) is 23.9. The van der Waals surface area contributed by atoms with Gasteiger partial charge in [0, 0.05) is 23.5 Å². The highest BCUT2D eigenvalue weighted by Crippen LogP contribution is 2.41. The molecule has 2 atom stereocenters. The molecule has 0 radical (unpaired) electrons. The van der Waals surface area contributed by atoms with Crippen LogP contribution in [0.2, 0.25) is 5.02 Å². The number of benzene rings is 2. The molecule has 0 bridgehead atoms. The Balaban J connectivity index is 1.59. The number of alkyl halides is 3. The molecule has 35 heavy (non-hydrogen) atoms. The van der Waals surface area contributed by atoms with E-state index < -0.39 is 29.9 Å². The van der Waals surface area contributed by atoms with Gasteiger partial charge in [0.15, 0.2) is 5.17 Å². The van der Waals surface area contributed by atoms with Gasteiger partial charge >= 0.3 is 6.18 Å². The van der Waals surface area contributed by atoms with Gasteiger partial charge in [-0.15, -0.1) is 0 Å². The van der Waals surface area contributed by atoms with Crippen LogP contribution >= 0.6 is 23.4 Å². The molecule has 3 N–H and O–H groups in total. The molecule has 7 nitrogen and oxygen atoms in total. The lowest BCUT2D eigenvalue weighted by molar-refractivity contribution is -0.138. The lowest BCUT2D eigenvalue weighted by Crippen LogP contribution is -2.26. The van der Waals surface area contributed by atoms with E-state index in [4.69, 9.17) is 11.6 Å². The van der Waals surface area contributed by atoms with Crippen LogP contribution in [0.3, 0.4) is 0 Å². The quantitative estimate of drug-likeness (QED) is 0.452. The van der Waals surface area contributed by atoms with E-state index in [1.165, 1.54) is 12.1 Å². The molecule has 0 spiro atoms. The van der Waals surface area contributed by atoms with Crippen molar-refractivity contribution in [3.05, 3.63) is 69.2 Å². The number of allylic oxidation sites excluding steroid dienone is 1. The van der Waals surface area contributed by atoms with Gasteiger partial charge in [-0.25, -0.2) is 0 Å². The predicted octanol–water partition coefficient (Wildman–Crippen LogP) is 3.86. The van der Waals surface area contributed by atoms with Crippen LogP contribution in [0.5, 0.6) is 0 Å². The van der Waals surface area contributed by atoms with E-state index in [1.54, 1.807) is 29.3 Å². The molecule has 1 amide bonds. The van der Waals surface area contributed by atoms with Crippen molar-refractivity contribution in [1.29, 1.82) is 0 Å². The third kappa shape index (κ3) is 4.68. The standard InChI is InChI=1S/C23H18ClF3N4O3S/c24-14-3-1-12(16(7-14)23(25,26)27)6-15(11-2-4-17-13(5-11)8-28-30-17)20-21(34)29-22(35-20)31-9-18(32)19(33)10-31/h1-5,7-8,18-19,32-33H,6,9-10H2,(H,28,30). The predicted molar refractivity (Wildman–Crippen MR) is 127 cm³/mol. The van der Waals surface area contributed by atoms with Crippen LogP contribution in [-0.2, 0) is 17.4 Å². The van der Waals surface area contributed by atoms with E-state index in [0.717, 1.165) is 28.7 Å². The summed E-state index contributed by atoms with van der Waals surface area (Å²) in [6, 6.07) is 8.76. The summed E-state index contributed by atoms with van der Waals surface area (Å²) in [5, 5.41) is 27.5. The third-order valence-electron chi connectivity index (χ3n) is 5.92. The molecular weight excluding hydrogens is 505 g/mol. The Bertz CT molecular complexity index is 1380. The zero-order valence-electron chi connectivity index (χ0n) is 17.9. The van der Waals surface area contributed by atoms with E-state index in [9.17, 15) is 28.2 Å². The number of aliphatic hydroxyl groups is 2. The second kappa shape index (κ2) is 8.98. The summed E-state index contributed by atoms with van der Waals surface area (Å²) in [5.74, 6) is -0.592. The number of H-pyrrole nitrogens is 1. The van der Waals surface area contributed by atoms with E-state index in [0.29, 0.717) is 11.1 Å². The van der Waals surface area contributed by atoms with Crippen LogP contribution in [0.15, 0.2) is 52.5 Å². The Kier molecular flexibility index (Phi) is 6.12. The van der Waals surface area contributed by atoms with Crippen LogP contribution in [0.4, 0.5) is 13.2 Å². The maximum Gasteiger partial charge on any atom is 0.416 e. The molecule has 3 aromatic rings. The summed E-state index contributed by atoms with van der Waals surface area (Å²) in [6.07, 6.45) is -5.21. The fourth-order valence-corrected chi connectivity index (χ4v) is 5.36. The monoisotopic (exact) mass is 522 g/mol. The summed E-state index contributed by atoms with van der Waals surface area (Å²) in [5.41, 5.74) is 0.745. The number of likely N-dealkylation sites (tertiary alicyclic amines) is 1. The largest absolute Gasteiger partial charge is 0.416 e. The molecule has 12 heteroatoms. The van der Waals surface area contributed by atoms with Crippen molar-refractivity contribution in [2.75, 3.05) is 13.1 Å². The number of amides is 1. The minimum Gasteiger partial charge on any atom is -0.389 e. The summed E-state index contributed by atoms with van der Waals surface area (Å²) in [6.45, 7) is 0.193. The first-order valence-electron chi connectivity index (χ1n) is 10.5. The molecule has 2 aliphatic heterocycles. The van der Waals surface area contributed by atoms with Crippen molar-refractivity contribution >= 4 is 50.9 Å². The lowest BCUT2D eigenvalue weighted by Gasteiger charge is -2.18. The number of aromatic amines is 1. The van der Waals surface area contributed by atoms with Gasteiger partial charge in [0.25, 0.3) is 5.91 Å². The fraction of sp³-hybridized carbons (Fsp3) is 0.261. The smallest absolute Gasteiger partial charge is 0.389 e. The maximum atomic E-state index is 13.8. The number of aliphatic imine (C=N–C) groups is 1. The lowest BCUT2D eigenvalue weighted by atomic mass is 9.93. The summed E-state index contributed by atoms with van der Waals surface area (Å²) < 4.78 is 41.4. The number of nitrogens with zero attached hydrogens (tertiary/aromatic N) is 3. The van der Waals surface area contributed by atoms with Gasteiger partial charge in [-0.2, -0.15) is 23.3 Å². The Hall–Kier alpha value is -2.86. The molecular formula is C23H18ClF3N4O3S. The number of nitrogens with one attached hydrogen (secondary N) is 1. The number of carbonyl (C=O) groups excluding carboxylic acids is 1. The second-order valence-corrected chi connectivity index (χ2v) is 9.71. The fourth-order valence-electron chi connectivity index (χ4n) is 4.15. The highest BCUT2D eigenvalue weighted by Gasteiger charge is 2.38. The number of β-amino-alcohol motifs (C(OH)–C–C–N with tert-alkyl or cyclic N) is 2. The average molecular weight is 523 g/mol. The minimum atomic E-state index is -4.64. The number of rotatable bonds is 3. The molecule has 5 rings (SSSR count). The molecule has 182 valence electrons. The molecule has 2 unspecified atom stereocenters. The molecule has 1 saturated heterocycles. The number of halogens is 4. The van der Waals surface area contributed by atoms with Crippen molar-refractivity contribution in [3.63, 3.8) is 0 Å². The van der Waals surface area contributed by atoms with E-state index in [-0.39, 0.29) is 40.2 Å². The van der Waals surface area contributed by atoms with Gasteiger partial charge in [0.05, 0.1) is 34.4 Å². The van der Waals surface area contributed by atoms with Crippen molar-refractivity contribution in [2.45, 2.75) is 24.8 Å². The topological polar surface area (TPSA) is 102 Å². The minimum absolute atomic E-state index is 0.0365. The normalized spacial score (nSPS) is 22.3. The molecule has 1 aromatic heterocycles.